The summed E-state index contributed by atoms with van der Waals surface area (Å²) in [7, 11) is 0. The fourth-order valence-corrected chi connectivity index (χ4v) is 1.94. The summed E-state index contributed by atoms with van der Waals surface area (Å²) in [6.45, 7) is -3.31. The minimum Gasteiger partial charge on any atom is -0.435 e. The summed E-state index contributed by atoms with van der Waals surface area (Å²) in [6.07, 6.45) is 2.56. The number of alkyl halides is 2. The van der Waals surface area contributed by atoms with Crippen LogP contribution in [-0.2, 0) is 9.59 Å². The van der Waals surface area contributed by atoms with Crippen LogP contribution in [-0.4, -0.2) is 25.0 Å². The minimum atomic E-state index is -2.92. The van der Waals surface area contributed by atoms with Crippen molar-refractivity contribution in [1.29, 1.82) is 0 Å². The van der Waals surface area contributed by atoms with Gasteiger partial charge in [0.2, 0.25) is 11.8 Å². The molecule has 0 unspecified atom stereocenters. The van der Waals surface area contributed by atoms with Crippen LogP contribution in [0.1, 0.15) is 5.56 Å². The van der Waals surface area contributed by atoms with E-state index in [1.54, 1.807) is 0 Å². The van der Waals surface area contributed by atoms with Gasteiger partial charge in [-0.1, -0.05) is 12.1 Å². The van der Waals surface area contributed by atoms with E-state index in [4.69, 9.17) is 0 Å². The lowest BCUT2D eigenvalue weighted by Gasteiger charge is -2.06. The number of rotatable bonds is 7. The van der Waals surface area contributed by atoms with Crippen molar-refractivity contribution in [3.8, 4) is 5.75 Å². The fourth-order valence-electron chi connectivity index (χ4n) is 1.94. The number of nitrogens with one attached hydrogen (secondary N) is 2. The smallest absolute Gasteiger partial charge is 0.387 e. The van der Waals surface area contributed by atoms with E-state index >= 15 is 0 Å². The van der Waals surface area contributed by atoms with E-state index in [0.717, 1.165) is 18.2 Å². The molecule has 0 aromatic heterocycles. The summed E-state index contributed by atoms with van der Waals surface area (Å²) in [6, 6.07) is 8.44. The van der Waals surface area contributed by atoms with Crippen molar-refractivity contribution in [1.82, 2.24) is 5.32 Å². The highest BCUT2D eigenvalue weighted by Crippen LogP contribution is 2.15. The van der Waals surface area contributed by atoms with Crippen LogP contribution < -0.4 is 15.4 Å². The molecule has 0 saturated carbocycles. The molecule has 0 saturated heterocycles. The maximum absolute atomic E-state index is 13.0. The summed E-state index contributed by atoms with van der Waals surface area (Å²) >= 11 is 0. The number of benzene rings is 2. The van der Waals surface area contributed by atoms with E-state index in [0.29, 0.717) is 5.56 Å². The Morgan fingerprint density at radius 3 is 2.37 bits per heavy atom. The van der Waals surface area contributed by atoms with Gasteiger partial charge in [-0.25, -0.2) is 8.78 Å². The predicted octanol–water partition coefficient (Wildman–Crippen LogP) is 3.33. The molecule has 0 heterocycles. The standard InChI is InChI=1S/C18H14F4N2O3/c19-14-7-4-12(9-15(14)20)24-17(26)10-23-16(25)8-3-11-1-5-13(6-2-11)27-18(21)22/h1-9,18H,10H2,(H,23,25)(H,24,26)/b8-3+. The molecular formula is C18H14F4N2O3. The second-order valence-electron chi connectivity index (χ2n) is 5.18. The first-order valence-electron chi connectivity index (χ1n) is 7.59. The minimum absolute atomic E-state index is 0.0134. The third-order valence-electron chi connectivity index (χ3n) is 3.16. The molecule has 2 aromatic carbocycles. The van der Waals surface area contributed by atoms with Crippen molar-refractivity contribution < 1.29 is 31.9 Å². The van der Waals surface area contributed by atoms with Crippen molar-refractivity contribution in [2.75, 3.05) is 11.9 Å². The third kappa shape index (κ3) is 6.81. The molecule has 0 radical (unpaired) electrons. The molecule has 0 aliphatic carbocycles. The number of halogens is 4. The first kappa shape index (κ1) is 20.0. The highest BCUT2D eigenvalue weighted by Gasteiger charge is 2.07. The van der Waals surface area contributed by atoms with Crippen LogP contribution in [0.4, 0.5) is 23.2 Å². The first-order valence-corrected chi connectivity index (χ1v) is 7.59. The van der Waals surface area contributed by atoms with Crippen molar-refractivity contribution in [3.63, 3.8) is 0 Å². The maximum Gasteiger partial charge on any atom is 0.387 e. The zero-order valence-electron chi connectivity index (χ0n) is 13.7. The van der Waals surface area contributed by atoms with E-state index in [2.05, 4.69) is 15.4 Å². The topological polar surface area (TPSA) is 67.4 Å². The Bertz CT molecular complexity index is 839. The van der Waals surface area contributed by atoms with Crippen LogP contribution in [0.5, 0.6) is 5.75 Å². The molecular weight excluding hydrogens is 368 g/mol. The lowest BCUT2D eigenvalue weighted by Crippen LogP contribution is -2.31. The normalized spacial score (nSPS) is 10.9. The largest absolute Gasteiger partial charge is 0.435 e. The Balaban J connectivity index is 1.80. The van der Waals surface area contributed by atoms with E-state index in [9.17, 15) is 27.2 Å². The molecule has 2 aromatic rings. The molecule has 142 valence electrons. The maximum atomic E-state index is 13.0. The second kappa shape index (κ2) is 9.37. The van der Waals surface area contributed by atoms with Crippen LogP contribution in [0, 0.1) is 11.6 Å². The van der Waals surface area contributed by atoms with E-state index in [-0.39, 0.29) is 18.0 Å². The quantitative estimate of drug-likeness (QED) is 0.570. The zero-order valence-corrected chi connectivity index (χ0v) is 13.7. The molecule has 27 heavy (non-hydrogen) atoms. The van der Waals surface area contributed by atoms with Gasteiger partial charge in [0, 0.05) is 17.8 Å². The van der Waals surface area contributed by atoms with Gasteiger partial charge in [0.1, 0.15) is 5.75 Å². The van der Waals surface area contributed by atoms with Gasteiger partial charge in [0.25, 0.3) is 0 Å². The van der Waals surface area contributed by atoms with Crippen LogP contribution in [0.2, 0.25) is 0 Å². The predicted molar refractivity (Wildman–Crippen MR) is 90.1 cm³/mol. The Hall–Kier alpha value is -3.36. The van der Waals surface area contributed by atoms with Gasteiger partial charge >= 0.3 is 6.61 Å². The number of anilines is 1. The van der Waals surface area contributed by atoms with Gasteiger partial charge in [-0.15, -0.1) is 0 Å². The van der Waals surface area contributed by atoms with Gasteiger partial charge in [0.05, 0.1) is 6.54 Å². The number of amides is 2. The highest BCUT2D eigenvalue weighted by molar-refractivity contribution is 5.97. The summed E-state index contributed by atoms with van der Waals surface area (Å²) in [5.41, 5.74) is 0.604. The van der Waals surface area contributed by atoms with Crippen molar-refractivity contribution in [2.45, 2.75) is 6.61 Å². The van der Waals surface area contributed by atoms with Crippen molar-refractivity contribution >= 4 is 23.6 Å². The average Bonchev–Trinajstić information content (AvgIpc) is 2.62. The fraction of sp³-hybridized carbons (Fsp3) is 0.111. The summed E-state index contributed by atoms with van der Waals surface area (Å²) in [5.74, 6) is -3.37. The summed E-state index contributed by atoms with van der Waals surface area (Å²) in [4.78, 5) is 23.3. The number of ether oxygens (including phenoxy) is 1. The Labute approximate surface area is 151 Å². The van der Waals surface area contributed by atoms with E-state index in [1.807, 2.05) is 0 Å². The van der Waals surface area contributed by atoms with Crippen molar-refractivity contribution in [2.24, 2.45) is 0 Å². The Morgan fingerprint density at radius 2 is 1.74 bits per heavy atom. The number of hydrogen-bond acceptors (Lipinski definition) is 3. The lowest BCUT2D eigenvalue weighted by molar-refractivity contribution is -0.121. The number of carbonyl (C=O) groups excluding carboxylic acids is 2. The summed E-state index contributed by atoms with van der Waals surface area (Å²) < 4.78 is 54.1. The van der Waals surface area contributed by atoms with Crippen LogP contribution >= 0.6 is 0 Å². The highest BCUT2D eigenvalue weighted by atomic mass is 19.3. The van der Waals surface area contributed by atoms with Crippen molar-refractivity contribution in [3.05, 3.63) is 65.7 Å². The molecule has 9 heteroatoms. The van der Waals surface area contributed by atoms with E-state index < -0.39 is 30.1 Å². The van der Waals surface area contributed by atoms with Gasteiger partial charge in [0.15, 0.2) is 11.6 Å². The SMILES string of the molecule is O=C(/C=C/c1ccc(OC(F)F)cc1)NCC(=O)Nc1ccc(F)c(F)c1. The second-order valence-corrected chi connectivity index (χ2v) is 5.18. The lowest BCUT2D eigenvalue weighted by atomic mass is 10.2. The number of carbonyl (C=O) groups is 2. The van der Waals surface area contributed by atoms with Gasteiger partial charge in [-0.3, -0.25) is 9.59 Å². The molecule has 0 aliphatic heterocycles. The van der Waals surface area contributed by atoms with Crippen LogP contribution in [0.15, 0.2) is 48.5 Å². The Kier molecular flexibility index (Phi) is 6.93. The van der Waals surface area contributed by atoms with E-state index in [1.165, 1.54) is 36.4 Å². The zero-order chi connectivity index (χ0) is 19.8. The first-order chi connectivity index (χ1) is 12.8. The molecule has 0 spiro atoms. The van der Waals surface area contributed by atoms with Crippen LogP contribution in [0.25, 0.3) is 6.08 Å². The molecule has 2 N–H and O–H groups in total. The molecule has 2 amide bonds. The summed E-state index contributed by atoms with van der Waals surface area (Å²) in [5, 5.41) is 4.61. The molecule has 5 nitrogen and oxygen atoms in total. The van der Waals surface area contributed by atoms with Gasteiger partial charge < -0.3 is 15.4 Å². The molecule has 0 bridgehead atoms. The molecule has 0 atom stereocenters. The molecule has 0 aliphatic rings. The molecule has 2 rings (SSSR count). The Morgan fingerprint density at radius 1 is 1.04 bits per heavy atom. The van der Waals surface area contributed by atoms with Crippen LogP contribution in [0.3, 0.4) is 0 Å². The molecule has 0 fully saturated rings. The monoisotopic (exact) mass is 382 g/mol. The third-order valence-corrected chi connectivity index (χ3v) is 3.16. The average molecular weight is 382 g/mol. The van der Waals surface area contributed by atoms with Gasteiger partial charge in [-0.05, 0) is 35.9 Å². The number of hydrogen-bond donors (Lipinski definition) is 2. The van der Waals surface area contributed by atoms with Gasteiger partial charge in [-0.2, -0.15) is 8.78 Å².